The Hall–Kier alpha value is -2.62. The molecule has 0 unspecified atom stereocenters. The van der Waals surface area contributed by atoms with Gasteiger partial charge >= 0.3 is 0 Å². The number of para-hydroxylation sites is 1. The maximum atomic E-state index is 13.4. The Kier molecular flexibility index (Phi) is 3.22. The molecule has 106 valence electrons. The van der Waals surface area contributed by atoms with Crippen molar-refractivity contribution in [3.8, 4) is 5.75 Å². The molecule has 1 heterocycles. The predicted octanol–water partition coefficient (Wildman–Crippen LogP) is 4.12. The summed E-state index contributed by atoms with van der Waals surface area (Å²) in [5.74, 6) is -0.542. The van der Waals surface area contributed by atoms with Crippen LogP contribution in [0.25, 0.3) is 11.0 Å². The number of carbonyl (C=O) groups excluding carboxylic acids is 1. The van der Waals surface area contributed by atoms with Gasteiger partial charge in [0.2, 0.25) is 5.78 Å². The molecular weight excluding hydrogens is 271 g/mol. The lowest BCUT2D eigenvalue weighted by Crippen LogP contribution is -2.01. The molecule has 0 saturated carbocycles. The maximum absolute atomic E-state index is 13.4. The number of rotatable bonds is 3. The van der Waals surface area contributed by atoms with Crippen LogP contribution in [0.5, 0.6) is 5.75 Å². The molecule has 0 aliphatic heterocycles. The van der Waals surface area contributed by atoms with E-state index in [2.05, 4.69) is 0 Å². The number of hydrogen-bond donors (Lipinski definition) is 0. The van der Waals surface area contributed by atoms with Crippen molar-refractivity contribution in [1.29, 1.82) is 0 Å². The zero-order chi connectivity index (χ0) is 15.0. The zero-order valence-electron chi connectivity index (χ0n) is 11.6. The average Bonchev–Trinajstić information content (AvgIpc) is 2.92. The Labute approximate surface area is 120 Å². The fraction of sp³-hybridized carbons (Fsp3) is 0.118. The van der Waals surface area contributed by atoms with E-state index in [1.54, 1.807) is 6.07 Å². The van der Waals surface area contributed by atoms with Gasteiger partial charge in [0.15, 0.2) is 17.3 Å². The zero-order valence-corrected chi connectivity index (χ0v) is 11.6. The number of hydrogen-bond acceptors (Lipinski definition) is 3. The second-order valence-electron chi connectivity index (χ2n) is 4.78. The molecule has 0 atom stereocenters. The number of methoxy groups -OCH3 is 1. The summed E-state index contributed by atoms with van der Waals surface area (Å²) in [6.45, 7) is 1.92. The lowest BCUT2D eigenvalue weighted by atomic mass is 10.1. The van der Waals surface area contributed by atoms with E-state index in [-0.39, 0.29) is 17.3 Å². The van der Waals surface area contributed by atoms with E-state index in [0.717, 1.165) is 10.9 Å². The van der Waals surface area contributed by atoms with E-state index in [1.165, 1.54) is 25.3 Å². The molecule has 2 aromatic carbocycles. The second-order valence-corrected chi connectivity index (χ2v) is 4.78. The van der Waals surface area contributed by atoms with Gasteiger partial charge in [-0.1, -0.05) is 18.2 Å². The Morgan fingerprint density at radius 1 is 1.19 bits per heavy atom. The molecule has 4 heteroatoms. The number of carbonyl (C=O) groups is 1. The van der Waals surface area contributed by atoms with E-state index >= 15 is 0 Å². The van der Waals surface area contributed by atoms with E-state index in [4.69, 9.17) is 9.15 Å². The number of aryl methyl sites for hydroxylation is 1. The van der Waals surface area contributed by atoms with Crippen LogP contribution in [0.15, 0.2) is 46.9 Å². The smallest absolute Gasteiger partial charge is 0.228 e. The Morgan fingerprint density at radius 2 is 2.00 bits per heavy atom. The standard InChI is InChI=1S/C17H13FO3/c1-10-4-3-5-12-9-15(21-17(10)12)16(19)11-6-7-13(18)14(8-11)20-2/h3-9H,1-2H3. The number of halogens is 1. The number of fused-ring (bicyclic) bond motifs is 1. The molecule has 3 rings (SSSR count). The number of benzene rings is 2. The van der Waals surface area contributed by atoms with Crippen LogP contribution >= 0.6 is 0 Å². The van der Waals surface area contributed by atoms with Crippen molar-refractivity contribution in [1.82, 2.24) is 0 Å². The molecule has 0 saturated heterocycles. The Bertz CT molecular complexity index is 833. The predicted molar refractivity (Wildman–Crippen MR) is 77.3 cm³/mol. The Balaban J connectivity index is 2.06. The van der Waals surface area contributed by atoms with Crippen molar-refractivity contribution in [2.24, 2.45) is 0 Å². The third-order valence-electron chi connectivity index (χ3n) is 3.38. The van der Waals surface area contributed by atoms with Gasteiger partial charge in [0.1, 0.15) is 5.58 Å². The molecular formula is C17H13FO3. The minimum Gasteiger partial charge on any atom is -0.494 e. The third-order valence-corrected chi connectivity index (χ3v) is 3.38. The van der Waals surface area contributed by atoms with Crippen LogP contribution in [0.1, 0.15) is 21.7 Å². The first-order chi connectivity index (χ1) is 10.1. The summed E-state index contributed by atoms with van der Waals surface area (Å²) in [6, 6.07) is 11.4. The first kappa shape index (κ1) is 13.4. The van der Waals surface area contributed by atoms with Crippen LogP contribution in [0.2, 0.25) is 0 Å². The van der Waals surface area contributed by atoms with Gasteiger partial charge in [-0.25, -0.2) is 4.39 Å². The molecule has 3 aromatic rings. The molecule has 0 spiro atoms. The molecule has 0 bridgehead atoms. The minimum absolute atomic E-state index is 0.0353. The summed E-state index contributed by atoms with van der Waals surface area (Å²) in [6.07, 6.45) is 0. The number of ketones is 1. The lowest BCUT2D eigenvalue weighted by Gasteiger charge is -2.03. The molecule has 0 amide bonds. The number of ether oxygens (including phenoxy) is 1. The van der Waals surface area contributed by atoms with Crippen molar-refractivity contribution in [3.05, 3.63) is 65.2 Å². The van der Waals surface area contributed by atoms with Gasteiger partial charge in [0.05, 0.1) is 7.11 Å². The van der Waals surface area contributed by atoms with Crippen LogP contribution in [0.3, 0.4) is 0 Å². The van der Waals surface area contributed by atoms with Gasteiger partial charge in [0.25, 0.3) is 0 Å². The van der Waals surface area contributed by atoms with Crippen molar-refractivity contribution < 1.29 is 18.3 Å². The van der Waals surface area contributed by atoms with Gasteiger partial charge in [-0.15, -0.1) is 0 Å². The van der Waals surface area contributed by atoms with E-state index in [9.17, 15) is 9.18 Å². The van der Waals surface area contributed by atoms with E-state index < -0.39 is 5.82 Å². The summed E-state index contributed by atoms with van der Waals surface area (Å²) >= 11 is 0. The molecule has 21 heavy (non-hydrogen) atoms. The van der Waals surface area contributed by atoms with Gasteiger partial charge in [-0.3, -0.25) is 4.79 Å². The van der Waals surface area contributed by atoms with Crippen LogP contribution in [0, 0.1) is 12.7 Å². The summed E-state index contributed by atoms with van der Waals surface area (Å²) in [4.78, 5) is 12.4. The molecule has 3 nitrogen and oxygen atoms in total. The fourth-order valence-corrected chi connectivity index (χ4v) is 2.26. The molecule has 0 N–H and O–H groups in total. The van der Waals surface area contributed by atoms with E-state index in [0.29, 0.717) is 11.1 Å². The topological polar surface area (TPSA) is 39.4 Å². The molecule has 0 aliphatic carbocycles. The monoisotopic (exact) mass is 284 g/mol. The highest BCUT2D eigenvalue weighted by atomic mass is 19.1. The second kappa shape index (κ2) is 5.05. The lowest BCUT2D eigenvalue weighted by molar-refractivity contribution is 0.101. The average molecular weight is 284 g/mol. The first-order valence-corrected chi connectivity index (χ1v) is 6.47. The summed E-state index contributed by atoms with van der Waals surface area (Å²) < 4.78 is 23.9. The summed E-state index contributed by atoms with van der Waals surface area (Å²) in [7, 11) is 1.36. The van der Waals surface area contributed by atoms with Gasteiger partial charge in [-0.05, 0) is 36.8 Å². The molecule has 1 aromatic heterocycles. The highest BCUT2D eigenvalue weighted by Crippen LogP contribution is 2.26. The third kappa shape index (κ3) is 2.29. The SMILES string of the molecule is COc1cc(C(=O)c2cc3cccc(C)c3o2)ccc1F. The largest absolute Gasteiger partial charge is 0.494 e. The first-order valence-electron chi connectivity index (χ1n) is 6.47. The molecule has 0 radical (unpaired) electrons. The summed E-state index contributed by atoms with van der Waals surface area (Å²) in [5, 5.41) is 0.868. The quantitative estimate of drug-likeness (QED) is 0.679. The van der Waals surface area contributed by atoms with Crippen LogP contribution in [0.4, 0.5) is 4.39 Å². The van der Waals surface area contributed by atoms with Crippen molar-refractivity contribution in [2.75, 3.05) is 7.11 Å². The van der Waals surface area contributed by atoms with Crippen LogP contribution in [-0.4, -0.2) is 12.9 Å². The maximum Gasteiger partial charge on any atom is 0.228 e. The number of furan rings is 1. The molecule has 0 aliphatic rings. The van der Waals surface area contributed by atoms with Crippen molar-refractivity contribution in [3.63, 3.8) is 0 Å². The van der Waals surface area contributed by atoms with E-state index in [1.807, 2.05) is 25.1 Å². The van der Waals surface area contributed by atoms with Crippen molar-refractivity contribution >= 4 is 16.8 Å². The van der Waals surface area contributed by atoms with Crippen molar-refractivity contribution in [2.45, 2.75) is 6.92 Å². The molecule has 0 fully saturated rings. The minimum atomic E-state index is -0.505. The summed E-state index contributed by atoms with van der Waals surface area (Å²) in [5.41, 5.74) is 1.98. The van der Waals surface area contributed by atoms with Crippen LogP contribution < -0.4 is 4.74 Å². The highest BCUT2D eigenvalue weighted by Gasteiger charge is 2.17. The van der Waals surface area contributed by atoms with Gasteiger partial charge in [-0.2, -0.15) is 0 Å². The normalized spacial score (nSPS) is 10.8. The van der Waals surface area contributed by atoms with Crippen LogP contribution in [-0.2, 0) is 0 Å². The fourth-order valence-electron chi connectivity index (χ4n) is 2.26. The van der Waals surface area contributed by atoms with Gasteiger partial charge in [0, 0.05) is 10.9 Å². The Morgan fingerprint density at radius 3 is 2.71 bits per heavy atom. The highest BCUT2D eigenvalue weighted by molar-refractivity contribution is 6.09. The van der Waals surface area contributed by atoms with Gasteiger partial charge < -0.3 is 9.15 Å².